The number of urea groups is 1. The van der Waals surface area contributed by atoms with Gasteiger partial charge >= 0.3 is 6.03 Å². The summed E-state index contributed by atoms with van der Waals surface area (Å²) >= 11 is 0. The molecule has 2 aromatic rings. The first kappa shape index (κ1) is 14.4. The van der Waals surface area contributed by atoms with Gasteiger partial charge in [0, 0.05) is 23.1 Å². The summed E-state index contributed by atoms with van der Waals surface area (Å²) in [5, 5.41) is 4.69. The fourth-order valence-corrected chi connectivity index (χ4v) is 2.99. The van der Waals surface area contributed by atoms with Crippen molar-refractivity contribution in [2.75, 3.05) is 6.79 Å². The lowest BCUT2D eigenvalue weighted by atomic mass is 10.2. The molecule has 3 amide bonds. The number of carbonyl (C=O) groups excluding carboxylic acids is 2. The highest BCUT2D eigenvalue weighted by Gasteiger charge is 2.24. The maximum atomic E-state index is 11.7. The number of hydrogen-bond acceptors (Lipinski definition) is 4. The molecule has 7 nitrogen and oxygen atoms in total. The van der Waals surface area contributed by atoms with Crippen molar-refractivity contribution in [1.82, 2.24) is 15.2 Å². The fourth-order valence-electron chi connectivity index (χ4n) is 2.99. The highest BCUT2D eigenvalue weighted by atomic mass is 16.7. The van der Waals surface area contributed by atoms with Crippen LogP contribution < -0.4 is 20.1 Å². The first-order chi connectivity index (χ1) is 11.5. The van der Waals surface area contributed by atoms with Crippen LogP contribution in [0.3, 0.4) is 0 Å². The topological polar surface area (TPSA) is 81.6 Å². The van der Waals surface area contributed by atoms with Gasteiger partial charge < -0.3 is 19.4 Å². The molecule has 0 atom stereocenters. The molecule has 4 rings (SSSR count). The van der Waals surface area contributed by atoms with Crippen LogP contribution in [0.4, 0.5) is 4.79 Å². The van der Waals surface area contributed by atoms with Crippen molar-refractivity contribution < 1.29 is 19.1 Å². The number of aromatic nitrogens is 1. The van der Waals surface area contributed by atoms with Crippen molar-refractivity contribution >= 4 is 18.0 Å². The Hall–Kier alpha value is -3.22. The second-order valence-electron chi connectivity index (χ2n) is 5.67. The smallest absolute Gasteiger partial charge is 0.326 e. The standard InChI is InChI=1S/C17H15N3O4/c1-9-5-11(6-13-16(21)19-17(22)18-13)10(2)20(9)12-3-4-14-15(7-12)24-8-23-14/h3-7H,8H2,1-2H3,(H2,18,19,21,22)/b13-6+. The lowest BCUT2D eigenvalue weighted by molar-refractivity contribution is -0.115. The van der Waals surface area contributed by atoms with E-state index < -0.39 is 11.9 Å². The Balaban J connectivity index is 1.76. The Morgan fingerprint density at radius 1 is 1.08 bits per heavy atom. The van der Waals surface area contributed by atoms with E-state index in [2.05, 4.69) is 15.2 Å². The molecular formula is C17H15N3O4. The largest absolute Gasteiger partial charge is 0.454 e. The van der Waals surface area contributed by atoms with Gasteiger partial charge in [-0.25, -0.2) is 4.79 Å². The molecule has 0 saturated carbocycles. The van der Waals surface area contributed by atoms with E-state index in [4.69, 9.17) is 9.47 Å². The van der Waals surface area contributed by atoms with Crippen molar-refractivity contribution in [1.29, 1.82) is 0 Å². The number of ether oxygens (including phenoxy) is 2. The maximum Gasteiger partial charge on any atom is 0.326 e. The van der Waals surface area contributed by atoms with Crippen molar-refractivity contribution in [3.63, 3.8) is 0 Å². The van der Waals surface area contributed by atoms with Crippen molar-refractivity contribution in [2.45, 2.75) is 13.8 Å². The number of fused-ring (bicyclic) bond motifs is 1. The van der Waals surface area contributed by atoms with E-state index in [0.29, 0.717) is 5.75 Å². The van der Waals surface area contributed by atoms with Gasteiger partial charge in [0.25, 0.3) is 5.91 Å². The summed E-state index contributed by atoms with van der Waals surface area (Å²) in [6.45, 7) is 4.17. The number of carbonyl (C=O) groups is 2. The summed E-state index contributed by atoms with van der Waals surface area (Å²) in [5.74, 6) is 1.02. The zero-order valence-corrected chi connectivity index (χ0v) is 13.2. The molecule has 1 fully saturated rings. The number of nitrogens with zero attached hydrogens (tertiary/aromatic N) is 1. The normalized spacial score (nSPS) is 17.3. The quantitative estimate of drug-likeness (QED) is 0.654. The summed E-state index contributed by atoms with van der Waals surface area (Å²) in [4.78, 5) is 22.9. The molecule has 0 spiro atoms. The molecule has 24 heavy (non-hydrogen) atoms. The molecular weight excluding hydrogens is 310 g/mol. The summed E-state index contributed by atoms with van der Waals surface area (Å²) < 4.78 is 12.8. The average Bonchev–Trinajstić information content (AvgIpc) is 3.19. The Morgan fingerprint density at radius 3 is 2.62 bits per heavy atom. The molecule has 3 heterocycles. The lowest BCUT2D eigenvalue weighted by Gasteiger charge is -2.10. The summed E-state index contributed by atoms with van der Waals surface area (Å²) in [7, 11) is 0. The van der Waals surface area contributed by atoms with Crippen molar-refractivity contribution in [2.24, 2.45) is 0 Å². The Labute approximate surface area is 137 Å². The number of amides is 3. The molecule has 7 heteroatoms. The number of benzene rings is 1. The Morgan fingerprint density at radius 2 is 1.88 bits per heavy atom. The van der Waals surface area contributed by atoms with E-state index >= 15 is 0 Å². The first-order valence-electron chi connectivity index (χ1n) is 7.46. The van der Waals surface area contributed by atoms with Gasteiger partial charge in [-0.2, -0.15) is 0 Å². The van der Waals surface area contributed by atoms with Gasteiger partial charge in [0.15, 0.2) is 11.5 Å². The van der Waals surface area contributed by atoms with Crippen LogP contribution in [-0.2, 0) is 4.79 Å². The van der Waals surface area contributed by atoms with Gasteiger partial charge in [-0.1, -0.05) is 0 Å². The highest BCUT2D eigenvalue weighted by Crippen LogP contribution is 2.35. The second kappa shape index (κ2) is 5.16. The van der Waals surface area contributed by atoms with Crippen LogP contribution in [0, 0.1) is 13.8 Å². The fraction of sp³-hybridized carbons (Fsp3) is 0.176. The molecule has 1 aromatic heterocycles. The minimum atomic E-state index is -0.504. The molecule has 0 bridgehead atoms. The van der Waals surface area contributed by atoms with Crippen molar-refractivity contribution in [3.8, 4) is 17.2 Å². The van der Waals surface area contributed by atoms with Gasteiger partial charge in [-0.3, -0.25) is 10.1 Å². The monoisotopic (exact) mass is 325 g/mol. The molecule has 122 valence electrons. The van der Waals surface area contributed by atoms with E-state index in [0.717, 1.165) is 28.4 Å². The van der Waals surface area contributed by atoms with Crippen LogP contribution in [0.5, 0.6) is 11.5 Å². The summed E-state index contributed by atoms with van der Waals surface area (Å²) in [5.41, 5.74) is 4.00. The third-order valence-corrected chi connectivity index (χ3v) is 4.10. The van der Waals surface area contributed by atoms with E-state index in [1.54, 1.807) is 6.08 Å². The molecule has 2 N–H and O–H groups in total. The maximum absolute atomic E-state index is 11.7. The lowest BCUT2D eigenvalue weighted by Crippen LogP contribution is -2.22. The molecule has 2 aliphatic rings. The molecule has 1 saturated heterocycles. The zero-order chi connectivity index (χ0) is 16.8. The minimum Gasteiger partial charge on any atom is -0.454 e. The number of aryl methyl sites for hydroxylation is 1. The molecule has 0 aliphatic carbocycles. The van der Waals surface area contributed by atoms with Gasteiger partial charge in [-0.15, -0.1) is 0 Å². The van der Waals surface area contributed by atoms with Crippen LogP contribution >= 0.6 is 0 Å². The van der Waals surface area contributed by atoms with Crippen LogP contribution in [0.1, 0.15) is 17.0 Å². The number of hydrogen-bond donors (Lipinski definition) is 2. The van der Waals surface area contributed by atoms with Gasteiger partial charge in [0.05, 0.1) is 0 Å². The highest BCUT2D eigenvalue weighted by molar-refractivity contribution is 6.14. The van der Waals surface area contributed by atoms with Crippen LogP contribution in [0.15, 0.2) is 30.0 Å². The van der Waals surface area contributed by atoms with E-state index in [-0.39, 0.29) is 12.5 Å². The first-order valence-corrected chi connectivity index (χ1v) is 7.46. The Bertz CT molecular complexity index is 911. The third-order valence-electron chi connectivity index (χ3n) is 4.10. The SMILES string of the molecule is Cc1cc(/C=C2/NC(=O)NC2=O)c(C)n1-c1ccc2c(c1)OCO2. The number of rotatable bonds is 2. The van der Waals surface area contributed by atoms with Crippen LogP contribution in [0.25, 0.3) is 11.8 Å². The van der Waals surface area contributed by atoms with Crippen LogP contribution in [-0.4, -0.2) is 23.3 Å². The zero-order valence-electron chi connectivity index (χ0n) is 13.2. The minimum absolute atomic E-state index is 0.231. The van der Waals surface area contributed by atoms with Gasteiger partial charge in [0.2, 0.25) is 6.79 Å². The summed E-state index contributed by atoms with van der Waals surface area (Å²) in [6.07, 6.45) is 1.67. The molecule has 0 radical (unpaired) electrons. The Kier molecular flexibility index (Phi) is 3.09. The third kappa shape index (κ3) is 2.21. The number of nitrogens with one attached hydrogen (secondary N) is 2. The molecule has 0 unspecified atom stereocenters. The van der Waals surface area contributed by atoms with Gasteiger partial charge in [-0.05, 0) is 43.7 Å². The summed E-state index contributed by atoms with van der Waals surface area (Å²) in [6, 6.07) is 7.21. The van der Waals surface area contributed by atoms with Crippen molar-refractivity contribution in [3.05, 3.63) is 46.9 Å². The molecule has 1 aromatic carbocycles. The predicted octanol–water partition coefficient (Wildman–Crippen LogP) is 2.00. The van der Waals surface area contributed by atoms with E-state index in [1.807, 2.05) is 38.1 Å². The van der Waals surface area contributed by atoms with E-state index in [1.165, 1.54) is 0 Å². The molecule has 2 aliphatic heterocycles. The second-order valence-corrected chi connectivity index (χ2v) is 5.67. The van der Waals surface area contributed by atoms with Crippen LogP contribution in [0.2, 0.25) is 0 Å². The van der Waals surface area contributed by atoms with E-state index in [9.17, 15) is 9.59 Å². The predicted molar refractivity (Wildman–Crippen MR) is 86.0 cm³/mol. The average molecular weight is 325 g/mol. The van der Waals surface area contributed by atoms with Gasteiger partial charge in [0.1, 0.15) is 5.70 Å². The number of imide groups is 1.